The zero-order valence-corrected chi connectivity index (χ0v) is 9.89. The van der Waals surface area contributed by atoms with E-state index < -0.39 is 17.7 Å². The van der Waals surface area contributed by atoms with Crippen LogP contribution in [0.4, 0.5) is 18.9 Å². The van der Waals surface area contributed by atoms with Gasteiger partial charge in [-0.15, -0.1) is 0 Å². The first kappa shape index (κ1) is 12.3. The van der Waals surface area contributed by atoms with Gasteiger partial charge in [0.15, 0.2) is 0 Å². The number of aliphatic carboxylic acids is 1. The summed E-state index contributed by atoms with van der Waals surface area (Å²) in [6.07, 6.45) is -4.32. The molecular weight excluding hydrogens is 259 g/mol. The van der Waals surface area contributed by atoms with E-state index in [0.717, 1.165) is 17.8 Å². The molecule has 3 nitrogen and oxygen atoms in total. The normalized spacial score (nSPS) is 29.2. The first-order valence-corrected chi connectivity index (χ1v) is 6.03. The van der Waals surface area contributed by atoms with Crippen molar-refractivity contribution in [2.75, 3.05) is 18.0 Å². The number of anilines is 1. The zero-order chi connectivity index (χ0) is 13.8. The maximum Gasteiger partial charge on any atom is 0.416 e. The van der Waals surface area contributed by atoms with Crippen molar-refractivity contribution in [3.63, 3.8) is 0 Å². The van der Waals surface area contributed by atoms with Gasteiger partial charge in [0.2, 0.25) is 0 Å². The van der Waals surface area contributed by atoms with Gasteiger partial charge in [-0.2, -0.15) is 13.2 Å². The molecule has 102 valence electrons. The van der Waals surface area contributed by atoms with E-state index in [4.69, 9.17) is 5.11 Å². The van der Waals surface area contributed by atoms with Crippen molar-refractivity contribution in [3.05, 3.63) is 29.8 Å². The molecule has 6 heteroatoms. The minimum Gasteiger partial charge on any atom is -0.481 e. The molecule has 3 rings (SSSR count). The third-order valence-electron chi connectivity index (χ3n) is 4.04. The number of hydrogen-bond donors (Lipinski definition) is 1. The summed E-state index contributed by atoms with van der Waals surface area (Å²) in [5.41, 5.74) is 0.0633. The molecule has 1 aromatic carbocycles. The van der Waals surface area contributed by atoms with Crippen molar-refractivity contribution >= 4 is 11.7 Å². The van der Waals surface area contributed by atoms with Crippen LogP contribution in [-0.2, 0) is 11.0 Å². The molecule has 19 heavy (non-hydrogen) atoms. The van der Waals surface area contributed by atoms with Crippen molar-refractivity contribution in [1.29, 1.82) is 0 Å². The lowest BCUT2D eigenvalue weighted by Gasteiger charge is -2.21. The zero-order valence-electron chi connectivity index (χ0n) is 9.89. The van der Waals surface area contributed by atoms with E-state index in [1.807, 2.05) is 4.90 Å². The summed E-state index contributed by atoms with van der Waals surface area (Å²) in [6.45, 7) is 1.24. The summed E-state index contributed by atoms with van der Waals surface area (Å²) < 4.78 is 37.3. The smallest absolute Gasteiger partial charge is 0.416 e. The Labute approximate surface area is 107 Å². The van der Waals surface area contributed by atoms with Gasteiger partial charge in [-0.25, -0.2) is 0 Å². The lowest BCUT2D eigenvalue weighted by atomic mass is 10.1. The number of rotatable bonds is 2. The number of fused-ring (bicyclic) bond motifs is 1. The molecule has 0 amide bonds. The Morgan fingerprint density at radius 2 is 1.68 bits per heavy atom. The van der Waals surface area contributed by atoms with Gasteiger partial charge in [-0.05, 0) is 36.1 Å². The summed E-state index contributed by atoms with van der Waals surface area (Å²) in [4.78, 5) is 12.8. The molecule has 1 aromatic rings. The highest BCUT2D eigenvalue weighted by Crippen LogP contribution is 2.52. The molecular formula is C13H12F3NO2. The second-order valence-corrected chi connectivity index (χ2v) is 5.14. The van der Waals surface area contributed by atoms with Crippen molar-refractivity contribution in [3.8, 4) is 0 Å². The summed E-state index contributed by atoms with van der Waals surface area (Å²) in [6, 6.07) is 5.02. The molecule has 1 saturated carbocycles. The second kappa shape index (κ2) is 3.88. The minimum atomic E-state index is -4.32. The molecule has 0 radical (unpaired) electrons. The highest BCUT2D eigenvalue weighted by Gasteiger charge is 2.59. The number of hydrogen-bond acceptors (Lipinski definition) is 2. The number of benzene rings is 1. The van der Waals surface area contributed by atoms with Crippen LogP contribution in [0.5, 0.6) is 0 Å². The summed E-state index contributed by atoms with van der Waals surface area (Å²) in [5.74, 6) is -0.715. The molecule has 1 aliphatic heterocycles. The fraction of sp³-hybridized carbons (Fsp3) is 0.462. The Bertz CT molecular complexity index is 500. The fourth-order valence-electron chi connectivity index (χ4n) is 2.96. The van der Waals surface area contributed by atoms with Crippen LogP contribution in [-0.4, -0.2) is 24.2 Å². The fourth-order valence-corrected chi connectivity index (χ4v) is 2.96. The van der Waals surface area contributed by atoms with Crippen LogP contribution >= 0.6 is 0 Å². The van der Waals surface area contributed by atoms with Gasteiger partial charge in [0.1, 0.15) is 0 Å². The number of carboxylic acids is 1. The van der Waals surface area contributed by atoms with E-state index >= 15 is 0 Å². The van der Waals surface area contributed by atoms with E-state index in [2.05, 4.69) is 0 Å². The molecule has 2 aliphatic rings. The van der Waals surface area contributed by atoms with Gasteiger partial charge < -0.3 is 10.0 Å². The van der Waals surface area contributed by atoms with Gasteiger partial charge in [0, 0.05) is 18.8 Å². The molecule has 0 bridgehead atoms. The van der Waals surface area contributed by atoms with E-state index in [1.165, 1.54) is 12.1 Å². The van der Waals surface area contributed by atoms with Crippen molar-refractivity contribution in [2.45, 2.75) is 6.18 Å². The Kier molecular flexibility index (Phi) is 2.52. The number of carbonyl (C=O) groups is 1. The van der Waals surface area contributed by atoms with Gasteiger partial charge in [-0.1, -0.05) is 0 Å². The largest absolute Gasteiger partial charge is 0.481 e. The van der Waals surface area contributed by atoms with E-state index in [-0.39, 0.29) is 17.8 Å². The number of alkyl halides is 3. The van der Waals surface area contributed by atoms with Crippen molar-refractivity contribution < 1.29 is 23.1 Å². The average molecular weight is 271 g/mol. The summed E-state index contributed by atoms with van der Waals surface area (Å²) >= 11 is 0. The highest BCUT2D eigenvalue weighted by atomic mass is 19.4. The van der Waals surface area contributed by atoms with Crippen molar-refractivity contribution in [1.82, 2.24) is 0 Å². The molecule has 1 saturated heterocycles. The first-order valence-electron chi connectivity index (χ1n) is 6.03. The highest BCUT2D eigenvalue weighted by molar-refractivity contribution is 5.75. The third kappa shape index (κ3) is 2.05. The van der Waals surface area contributed by atoms with E-state index in [9.17, 15) is 18.0 Å². The Balaban J connectivity index is 1.68. The van der Waals surface area contributed by atoms with Gasteiger partial charge in [0.25, 0.3) is 0 Å². The Morgan fingerprint density at radius 1 is 1.16 bits per heavy atom. The minimum absolute atomic E-state index is 0.153. The van der Waals surface area contributed by atoms with Crippen LogP contribution in [0.2, 0.25) is 0 Å². The number of nitrogens with zero attached hydrogens (tertiary/aromatic N) is 1. The summed E-state index contributed by atoms with van der Waals surface area (Å²) in [7, 11) is 0. The third-order valence-corrected chi connectivity index (χ3v) is 4.04. The Morgan fingerprint density at radius 3 is 2.11 bits per heavy atom. The lowest BCUT2D eigenvalue weighted by molar-refractivity contribution is -0.139. The predicted octanol–water partition coefficient (Wildman–Crippen LogP) is 2.47. The van der Waals surface area contributed by atoms with Crippen LogP contribution in [0.3, 0.4) is 0 Å². The van der Waals surface area contributed by atoms with Gasteiger partial charge in [-0.3, -0.25) is 4.79 Å². The molecule has 0 spiro atoms. The molecule has 2 fully saturated rings. The van der Waals surface area contributed by atoms with Crippen LogP contribution in [0.15, 0.2) is 24.3 Å². The van der Waals surface area contributed by atoms with Gasteiger partial charge in [0.05, 0.1) is 11.5 Å². The van der Waals surface area contributed by atoms with Crippen LogP contribution in [0.1, 0.15) is 5.56 Å². The number of carboxylic acid groups (broad SMARTS) is 1. The molecule has 1 aliphatic carbocycles. The predicted molar refractivity (Wildman–Crippen MR) is 61.8 cm³/mol. The quantitative estimate of drug-likeness (QED) is 0.898. The standard InChI is InChI=1S/C13H12F3NO2/c14-13(15,16)7-1-3-8(4-2-7)17-5-9-10(6-17)11(9)12(18)19/h1-4,9-11H,5-6H2,(H,18,19). The van der Waals surface area contributed by atoms with Crippen LogP contribution in [0, 0.1) is 17.8 Å². The first-order chi connectivity index (χ1) is 8.88. The molecule has 0 aromatic heterocycles. The average Bonchev–Trinajstić information content (AvgIpc) is 2.85. The van der Waals surface area contributed by atoms with Crippen molar-refractivity contribution in [2.24, 2.45) is 17.8 Å². The molecule has 1 N–H and O–H groups in total. The van der Waals surface area contributed by atoms with E-state index in [1.54, 1.807) is 0 Å². The maximum atomic E-state index is 12.4. The number of halogens is 3. The van der Waals surface area contributed by atoms with Crippen LogP contribution < -0.4 is 4.90 Å². The number of piperidine rings is 1. The molecule has 1 heterocycles. The topological polar surface area (TPSA) is 40.5 Å². The van der Waals surface area contributed by atoms with Gasteiger partial charge >= 0.3 is 12.1 Å². The molecule has 2 atom stereocenters. The molecule has 2 unspecified atom stereocenters. The summed E-state index contributed by atoms with van der Waals surface area (Å²) in [5, 5.41) is 8.90. The maximum absolute atomic E-state index is 12.4. The SMILES string of the molecule is O=C(O)C1C2CN(c3ccc(C(F)(F)F)cc3)CC21. The lowest BCUT2D eigenvalue weighted by Crippen LogP contribution is -2.25. The van der Waals surface area contributed by atoms with Crippen LogP contribution in [0.25, 0.3) is 0 Å². The van der Waals surface area contributed by atoms with E-state index in [0.29, 0.717) is 13.1 Å². The Hall–Kier alpha value is -1.72. The second-order valence-electron chi connectivity index (χ2n) is 5.14. The monoisotopic (exact) mass is 271 g/mol.